The van der Waals surface area contributed by atoms with Gasteiger partial charge in [-0.25, -0.2) is 0 Å². The van der Waals surface area contributed by atoms with E-state index in [9.17, 15) is 9.90 Å². The van der Waals surface area contributed by atoms with Gasteiger partial charge in [-0.05, 0) is 50.8 Å². The first-order chi connectivity index (χ1) is 10.0. The van der Waals surface area contributed by atoms with Crippen molar-refractivity contribution in [3.63, 3.8) is 0 Å². The zero-order valence-corrected chi connectivity index (χ0v) is 12.6. The number of aliphatic hydroxyl groups excluding tert-OH is 1. The molecule has 2 aromatic rings. The van der Waals surface area contributed by atoms with Crippen molar-refractivity contribution in [2.75, 3.05) is 0 Å². The van der Waals surface area contributed by atoms with E-state index in [0.29, 0.717) is 16.4 Å². The second-order valence-electron chi connectivity index (χ2n) is 5.68. The van der Waals surface area contributed by atoms with E-state index in [2.05, 4.69) is 5.32 Å². The smallest absolute Gasteiger partial charge is 0.287 e. The highest BCUT2D eigenvalue weighted by Gasteiger charge is 2.24. The van der Waals surface area contributed by atoms with Crippen LogP contribution in [0.15, 0.2) is 22.6 Å². The Balaban J connectivity index is 1.80. The van der Waals surface area contributed by atoms with Gasteiger partial charge in [0.2, 0.25) is 0 Å². The maximum absolute atomic E-state index is 12.4. The van der Waals surface area contributed by atoms with Crippen LogP contribution in [0.3, 0.4) is 0 Å². The third kappa shape index (κ3) is 2.92. The third-order valence-electron chi connectivity index (χ3n) is 4.14. The van der Waals surface area contributed by atoms with Gasteiger partial charge in [-0.15, -0.1) is 0 Å². The van der Waals surface area contributed by atoms with E-state index in [0.717, 1.165) is 36.6 Å². The summed E-state index contributed by atoms with van der Waals surface area (Å²) in [6.45, 7) is 1.86. The van der Waals surface area contributed by atoms with E-state index < -0.39 is 0 Å². The van der Waals surface area contributed by atoms with E-state index in [1.807, 2.05) is 13.0 Å². The fourth-order valence-electron chi connectivity index (χ4n) is 2.88. The van der Waals surface area contributed by atoms with Gasteiger partial charge in [0, 0.05) is 22.0 Å². The van der Waals surface area contributed by atoms with Crippen LogP contribution in [-0.2, 0) is 0 Å². The Morgan fingerprint density at radius 1 is 1.33 bits per heavy atom. The number of hydrogen-bond acceptors (Lipinski definition) is 3. The number of benzene rings is 1. The maximum atomic E-state index is 12.4. The molecule has 1 aliphatic carbocycles. The Morgan fingerprint density at radius 2 is 2.05 bits per heavy atom. The Kier molecular flexibility index (Phi) is 3.91. The van der Waals surface area contributed by atoms with Crippen LogP contribution in [0, 0.1) is 6.92 Å². The van der Waals surface area contributed by atoms with E-state index >= 15 is 0 Å². The van der Waals surface area contributed by atoms with Crippen molar-refractivity contribution in [2.45, 2.75) is 44.8 Å². The van der Waals surface area contributed by atoms with Gasteiger partial charge in [-0.2, -0.15) is 0 Å². The summed E-state index contributed by atoms with van der Waals surface area (Å²) < 4.78 is 5.66. The number of furan rings is 1. The lowest BCUT2D eigenvalue weighted by Gasteiger charge is -2.25. The van der Waals surface area contributed by atoms with E-state index in [1.165, 1.54) is 0 Å². The second-order valence-corrected chi connectivity index (χ2v) is 6.11. The predicted molar refractivity (Wildman–Crippen MR) is 81.7 cm³/mol. The Bertz CT molecular complexity index is 671. The first-order valence-corrected chi connectivity index (χ1v) is 7.60. The molecule has 0 saturated heterocycles. The molecular weight excluding hydrogens is 290 g/mol. The highest BCUT2D eigenvalue weighted by Crippen LogP contribution is 2.28. The molecule has 5 heteroatoms. The summed E-state index contributed by atoms with van der Waals surface area (Å²) in [6, 6.07) is 5.44. The van der Waals surface area contributed by atoms with Gasteiger partial charge in [-0.3, -0.25) is 4.79 Å². The van der Waals surface area contributed by atoms with Crippen molar-refractivity contribution in [1.29, 1.82) is 0 Å². The van der Waals surface area contributed by atoms with Crippen LogP contribution in [0.5, 0.6) is 0 Å². The molecular formula is C16H18ClNO3. The lowest BCUT2D eigenvalue weighted by molar-refractivity contribution is 0.0844. The highest BCUT2D eigenvalue weighted by atomic mass is 35.5. The number of fused-ring (bicyclic) bond motifs is 1. The summed E-state index contributed by atoms with van der Waals surface area (Å²) in [4.78, 5) is 12.4. The largest absolute Gasteiger partial charge is 0.451 e. The van der Waals surface area contributed by atoms with Crippen LogP contribution < -0.4 is 5.32 Å². The zero-order chi connectivity index (χ0) is 15.0. The number of hydrogen-bond donors (Lipinski definition) is 2. The third-order valence-corrected chi connectivity index (χ3v) is 4.37. The molecule has 3 rings (SSSR count). The summed E-state index contributed by atoms with van der Waals surface area (Å²) >= 11 is 5.98. The van der Waals surface area contributed by atoms with Crippen molar-refractivity contribution in [3.8, 4) is 0 Å². The van der Waals surface area contributed by atoms with E-state index in [-0.39, 0.29) is 18.1 Å². The number of nitrogens with one attached hydrogen (secondary N) is 1. The predicted octanol–water partition coefficient (Wildman–Crippen LogP) is 3.43. The molecule has 1 aromatic heterocycles. The summed E-state index contributed by atoms with van der Waals surface area (Å²) in [5, 5.41) is 14.0. The summed E-state index contributed by atoms with van der Waals surface area (Å²) in [5.41, 5.74) is 1.47. The van der Waals surface area contributed by atoms with Crippen molar-refractivity contribution in [3.05, 3.63) is 34.5 Å². The molecule has 112 valence electrons. The zero-order valence-electron chi connectivity index (χ0n) is 11.9. The number of halogens is 1. The molecule has 0 aliphatic heterocycles. The second kappa shape index (κ2) is 5.70. The maximum Gasteiger partial charge on any atom is 0.287 e. The first kappa shape index (κ1) is 14.4. The molecule has 1 heterocycles. The molecule has 0 spiro atoms. The SMILES string of the molecule is Cc1c(C(=O)NC2CCC(O)CC2)oc2ccc(Cl)cc12. The van der Waals surface area contributed by atoms with Crippen LogP contribution in [0.1, 0.15) is 41.8 Å². The minimum atomic E-state index is -0.228. The molecule has 1 fully saturated rings. The topological polar surface area (TPSA) is 62.5 Å². The average Bonchev–Trinajstić information content (AvgIpc) is 2.79. The van der Waals surface area contributed by atoms with Crippen LogP contribution >= 0.6 is 11.6 Å². The van der Waals surface area contributed by atoms with Crippen molar-refractivity contribution in [1.82, 2.24) is 5.32 Å². The minimum Gasteiger partial charge on any atom is -0.451 e. The molecule has 0 atom stereocenters. The number of aryl methyl sites for hydroxylation is 1. The molecule has 0 unspecified atom stereocenters. The molecule has 1 aromatic carbocycles. The monoisotopic (exact) mass is 307 g/mol. The molecule has 21 heavy (non-hydrogen) atoms. The number of aliphatic hydroxyl groups is 1. The van der Waals surface area contributed by atoms with Gasteiger partial charge in [0.1, 0.15) is 5.58 Å². The molecule has 2 N–H and O–H groups in total. The molecule has 0 radical (unpaired) electrons. The summed E-state index contributed by atoms with van der Waals surface area (Å²) in [6.07, 6.45) is 2.85. The van der Waals surface area contributed by atoms with Gasteiger partial charge in [-0.1, -0.05) is 11.6 Å². The van der Waals surface area contributed by atoms with Gasteiger partial charge in [0.15, 0.2) is 5.76 Å². The molecule has 0 bridgehead atoms. The fourth-order valence-corrected chi connectivity index (χ4v) is 3.05. The van der Waals surface area contributed by atoms with Crippen molar-refractivity contribution in [2.24, 2.45) is 0 Å². The Hall–Kier alpha value is -1.52. The first-order valence-electron chi connectivity index (χ1n) is 7.22. The van der Waals surface area contributed by atoms with Crippen molar-refractivity contribution >= 4 is 28.5 Å². The highest BCUT2D eigenvalue weighted by molar-refractivity contribution is 6.31. The lowest BCUT2D eigenvalue weighted by atomic mass is 9.93. The van der Waals surface area contributed by atoms with Crippen LogP contribution in [-0.4, -0.2) is 23.2 Å². The van der Waals surface area contributed by atoms with Gasteiger partial charge < -0.3 is 14.8 Å². The molecule has 1 amide bonds. The average molecular weight is 308 g/mol. The van der Waals surface area contributed by atoms with Crippen LogP contribution in [0.25, 0.3) is 11.0 Å². The van der Waals surface area contributed by atoms with Crippen molar-refractivity contribution < 1.29 is 14.3 Å². The summed E-state index contributed by atoms with van der Waals surface area (Å²) in [5.74, 6) is 0.152. The molecule has 1 saturated carbocycles. The quantitative estimate of drug-likeness (QED) is 0.893. The van der Waals surface area contributed by atoms with E-state index in [1.54, 1.807) is 12.1 Å². The van der Waals surface area contributed by atoms with E-state index in [4.69, 9.17) is 16.0 Å². The molecule has 1 aliphatic rings. The Labute approximate surface area is 128 Å². The number of carbonyl (C=O) groups is 1. The standard InChI is InChI=1S/C16H18ClNO3/c1-9-13-8-10(17)2-7-14(13)21-15(9)16(20)18-11-3-5-12(19)6-4-11/h2,7-8,11-12,19H,3-6H2,1H3,(H,18,20). The minimum absolute atomic E-state index is 0.108. The molecule has 4 nitrogen and oxygen atoms in total. The number of amides is 1. The summed E-state index contributed by atoms with van der Waals surface area (Å²) in [7, 11) is 0. The van der Waals surface area contributed by atoms with Gasteiger partial charge >= 0.3 is 0 Å². The van der Waals surface area contributed by atoms with Gasteiger partial charge in [0.25, 0.3) is 5.91 Å². The number of carbonyl (C=O) groups excluding carboxylic acids is 1. The number of rotatable bonds is 2. The normalized spacial score (nSPS) is 22.4. The van der Waals surface area contributed by atoms with Crippen LogP contribution in [0.2, 0.25) is 5.02 Å². The lowest BCUT2D eigenvalue weighted by Crippen LogP contribution is -2.38. The fraction of sp³-hybridized carbons (Fsp3) is 0.438. The van der Waals surface area contributed by atoms with Crippen LogP contribution in [0.4, 0.5) is 0 Å². The van der Waals surface area contributed by atoms with Gasteiger partial charge in [0.05, 0.1) is 6.10 Å². The Morgan fingerprint density at radius 3 is 2.76 bits per heavy atom.